The van der Waals surface area contributed by atoms with Gasteiger partial charge in [-0.15, -0.1) is 0 Å². The lowest BCUT2D eigenvalue weighted by atomic mass is 10.1. The van der Waals surface area contributed by atoms with Crippen molar-refractivity contribution in [1.29, 1.82) is 0 Å². The number of pyridine rings is 1. The third-order valence-corrected chi connectivity index (χ3v) is 3.15. The Kier molecular flexibility index (Phi) is 5.18. The second-order valence-corrected chi connectivity index (χ2v) is 4.77. The number of hydrogen-bond donors (Lipinski definition) is 1. The summed E-state index contributed by atoms with van der Waals surface area (Å²) >= 11 is 0. The Morgan fingerprint density at radius 1 is 1.17 bits per heavy atom. The molecule has 0 aliphatic carbocycles. The van der Waals surface area contributed by atoms with Crippen molar-refractivity contribution in [1.82, 2.24) is 10.3 Å². The molecule has 24 heavy (non-hydrogen) atoms. The van der Waals surface area contributed by atoms with Gasteiger partial charge in [0.05, 0.1) is 18.2 Å². The van der Waals surface area contributed by atoms with Crippen molar-refractivity contribution in [2.45, 2.75) is 12.7 Å². The van der Waals surface area contributed by atoms with E-state index in [9.17, 15) is 22.8 Å². The van der Waals surface area contributed by atoms with Crippen LogP contribution >= 0.6 is 0 Å². The topological polar surface area (TPSA) is 68.3 Å². The number of aromatic nitrogens is 1. The number of carbonyl (C=O) groups is 2. The molecule has 0 spiro atoms. The molecule has 0 radical (unpaired) electrons. The van der Waals surface area contributed by atoms with Crippen LogP contribution in [0.25, 0.3) is 0 Å². The summed E-state index contributed by atoms with van der Waals surface area (Å²) in [4.78, 5) is 26.5. The highest BCUT2D eigenvalue weighted by Gasteiger charge is 2.36. The van der Waals surface area contributed by atoms with Crippen LogP contribution in [0.4, 0.5) is 13.2 Å². The summed E-state index contributed by atoms with van der Waals surface area (Å²) in [5.41, 5.74) is -0.827. The third-order valence-electron chi connectivity index (χ3n) is 3.15. The van der Waals surface area contributed by atoms with Crippen LogP contribution in [0.5, 0.6) is 0 Å². The molecule has 8 heteroatoms. The number of methoxy groups -OCH3 is 1. The normalized spacial score (nSPS) is 11.0. The van der Waals surface area contributed by atoms with Gasteiger partial charge in [0, 0.05) is 12.7 Å². The predicted octanol–water partition coefficient (Wildman–Crippen LogP) is 2.82. The Balaban J connectivity index is 2.08. The van der Waals surface area contributed by atoms with Gasteiger partial charge in [0.15, 0.2) is 5.69 Å². The lowest BCUT2D eigenvalue weighted by Crippen LogP contribution is -2.26. The van der Waals surface area contributed by atoms with Gasteiger partial charge < -0.3 is 10.1 Å². The van der Waals surface area contributed by atoms with E-state index < -0.39 is 29.3 Å². The Labute approximate surface area is 135 Å². The molecule has 0 fully saturated rings. The SMILES string of the molecule is COC(=O)c1ccc(CNC(=O)c2cccnc2C(F)(F)F)cc1. The van der Waals surface area contributed by atoms with Crippen LogP contribution in [0, 0.1) is 0 Å². The Hall–Kier alpha value is -2.90. The maximum Gasteiger partial charge on any atom is 0.434 e. The highest BCUT2D eigenvalue weighted by atomic mass is 19.4. The van der Waals surface area contributed by atoms with Crippen molar-refractivity contribution in [3.63, 3.8) is 0 Å². The van der Waals surface area contributed by atoms with Gasteiger partial charge in [-0.3, -0.25) is 9.78 Å². The fourth-order valence-corrected chi connectivity index (χ4v) is 1.97. The molecule has 0 bridgehead atoms. The number of amides is 1. The molecule has 1 heterocycles. The standard InChI is InChI=1S/C16H13F3N2O3/c1-24-15(23)11-6-4-10(5-7-11)9-21-14(22)12-3-2-8-20-13(12)16(17,18)19/h2-8H,9H2,1H3,(H,21,22). The molecule has 2 rings (SSSR count). The Bertz CT molecular complexity index is 743. The molecule has 1 N–H and O–H groups in total. The summed E-state index contributed by atoms with van der Waals surface area (Å²) in [5, 5.41) is 2.40. The molecule has 126 valence electrons. The third kappa shape index (κ3) is 4.09. The zero-order valence-electron chi connectivity index (χ0n) is 12.6. The summed E-state index contributed by atoms with van der Waals surface area (Å²) in [6.07, 6.45) is -3.73. The summed E-state index contributed by atoms with van der Waals surface area (Å²) in [6, 6.07) is 8.46. The van der Waals surface area contributed by atoms with Gasteiger partial charge in [-0.1, -0.05) is 12.1 Å². The van der Waals surface area contributed by atoms with Crippen molar-refractivity contribution in [2.75, 3.05) is 7.11 Å². The molecular weight excluding hydrogens is 325 g/mol. The number of hydrogen-bond acceptors (Lipinski definition) is 4. The molecule has 0 atom stereocenters. The van der Waals surface area contributed by atoms with Crippen LogP contribution in [-0.2, 0) is 17.5 Å². The van der Waals surface area contributed by atoms with E-state index >= 15 is 0 Å². The average Bonchev–Trinajstić information content (AvgIpc) is 2.58. The molecule has 5 nitrogen and oxygen atoms in total. The lowest BCUT2D eigenvalue weighted by molar-refractivity contribution is -0.141. The number of rotatable bonds is 4. The van der Waals surface area contributed by atoms with Gasteiger partial charge in [-0.25, -0.2) is 4.79 Å². The van der Waals surface area contributed by atoms with E-state index in [-0.39, 0.29) is 6.54 Å². The number of ether oxygens (including phenoxy) is 1. The van der Waals surface area contributed by atoms with E-state index in [4.69, 9.17) is 0 Å². The zero-order valence-corrected chi connectivity index (χ0v) is 12.6. The molecule has 1 amide bonds. The van der Waals surface area contributed by atoms with Gasteiger partial charge >= 0.3 is 12.1 Å². The summed E-state index contributed by atoms with van der Waals surface area (Å²) in [7, 11) is 1.25. The number of nitrogens with one attached hydrogen (secondary N) is 1. The molecule has 0 unspecified atom stereocenters. The largest absolute Gasteiger partial charge is 0.465 e. The zero-order chi connectivity index (χ0) is 17.7. The van der Waals surface area contributed by atoms with Crippen molar-refractivity contribution < 1.29 is 27.5 Å². The van der Waals surface area contributed by atoms with E-state index in [0.29, 0.717) is 11.1 Å². The number of esters is 1. The first kappa shape index (κ1) is 17.5. The second kappa shape index (κ2) is 7.12. The van der Waals surface area contributed by atoms with E-state index in [1.165, 1.54) is 25.3 Å². The van der Waals surface area contributed by atoms with Crippen molar-refractivity contribution in [3.05, 3.63) is 65.0 Å². The van der Waals surface area contributed by atoms with Crippen LogP contribution < -0.4 is 5.32 Å². The molecule has 1 aromatic carbocycles. The molecule has 0 aliphatic heterocycles. The fraction of sp³-hybridized carbons (Fsp3) is 0.188. The molecular formula is C16H13F3N2O3. The Morgan fingerprint density at radius 3 is 2.42 bits per heavy atom. The number of benzene rings is 1. The summed E-state index contributed by atoms with van der Waals surface area (Å²) in [5.74, 6) is -1.39. The molecule has 2 aromatic rings. The van der Waals surface area contributed by atoms with Crippen LogP contribution in [-0.4, -0.2) is 24.0 Å². The van der Waals surface area contributed by atoms with Crippen LogP contribution in [0.1, 0.15) is 32.0 Å². The molecule has 0 aliphatic rings. The average molecular weight is 338 g/mol. The van der Waals surface area contributed by atoms with Gasteiger partial charge in [0.1, 0.15) is 0 Å². The molecule has 1 aromatic heterocycles. The molecule has 0 saturated carbocycles. The van der Waals surface area contributed by atoms with Crippen LogP contribution in [0.3, 0.4) is 0 Å². The Morgan fingerprint density at radius 2 is 1.83 bits per heavy atom. The van der Waals surface area contributed by atoms with Gasteiger partial charge in [-0.2, -0.15) is 13.2 Å². The first-order valence-electron chi connectivity index (χ1n) is 6.80. The lowest BCUT2D eigenvalue weighted by Gasteiger charge is -2.11. The van der Waals surface area contributed by atoms with Crippen molar-refractivity contribution in [2.24, 2.45) is 0 Å². The maximum absolute atomic E-state index is 12.8. The van der Waals surface area contributed by atoms with Gasteiger partial charge in [0.25, 0.3) is 5.91 Å². The minimum Gasteiger partial charge on any atom is -0.465 e. The van der Waals surface area contributed by atoms with Crippen molar-refractivity contribution >= 4 is 11.9 Å². The fourth-order valence-electron chi connectivity index (χ4n) is 1.97. The number of halogens is 3. The smallest absolute Gasteiger partial charge is 0.434 e. The van der Waals surface area contributed by atoms with E-state index in [1.807, 2.05) is 0 Å². The predicted molar refractivity (Wildman–Crippen MR) is 78.2 cm³/mol. The van der Waals surface area contributed by atoms with Gasteiger partial charge in [-0.05, 0) is 29.8 Å². The van der Waals surface area contributed by atoms with E-state index in [2.05, 4.69) is 15.0 Å². The maximum atomic E-state index is 12.8. The second-order valence-electron chi connectivity index (χ2n) is 4.77. The number of nitrogens with zero attached hydrogens (tertiary/aromatic N) is 1. The summed E-state index contributed by atoms with van der Waals surface area (Å²) < 4.78 is 43.1. The minimum absolute atomic E-state index is 0.00643. The summed E-state index contributed by atoms with van der Waals surface area (Å²) in [6.45, 7) is 0.00643. The monoisotopic (exact) mass is 338 g/mol. The molecule has 0 saturated heterocycles. The highest BCUT2D eigenvalue weighted by molar-refractivity contribution is 5.95. The van der Waals surface area contributed by atoms with Crippen molar-refractivity contribution in [3.8, 4) is 0 Å². The van der Waals surface area contributed by atoms with Crippen LogP contribution in [0.15, 0.2) is 42.6 Å². The first-order chi connectivity index (χ1) is 11.3. The quantitative estimate of drug-likeness (QED) is 0.871. The minimum atomic E-state index is -4.71. The van der Waals surface area contributed by atoms with E-state index in [0.717, 1.165) is 12.3 Å². The van der Waals surface area contributed by atoms with Gasteiger partial charge in [0.2, 0.25) is 0 Å². The first-order valence-corrected chi connectivity index (χ1v) is 6.80. The number of carbonyl (C=O) groups excluding carboxylic acids is 2. The van der Waals surface area contributed by atoms with Crippen LogP contribution in [0.2, 0.25) is 0 Å². The number of alkyl halides is 3. The highest BCUT2D eigenvalue weighted by Crippen LogP contribution is 2.29. The van der Waals surface area contributed by atoms with E-state index in [1.54, 1.807) is 12.1 Å².